The van der Waals surface area contributed by atoms with Crippen LogP contribution < -0.4 is 0 Å². The molecule has 0 N–H and O–H groups in total. The molecule has 0 bridgehead atoms. The SMILES string of the molecule is CN(C)C(=O)CC1CCOC2(CCN(C(=O)CCc3nc4ccccc4s3)CC2)C1. The normalized spacial score (nSPS) is 21.1. The van der Waals surface area contributed by atoms with Gasteiger partial charge in [0.15, 0.2) is 0 Å². The zero-order valence-electron chi connectivity index (χ0n) is 17.9. The largest absolute Gasteiger partial charge is 0.375 e. The number of nitrogens with zero attached hydrogens (tertiary/aromatic N) is 3. The molecule has 1 unspecified atom stereocenters. The minimum Gasteiger partial charge on any atom is -0.375 e. The summed E-state index contributed by atoms with van der Waals surface area (Å²) in [6, 6.07) is 8.11. The van der Waals surface area contributed by atoms with E-state index in [1.807, 2.05) is 37.2 Å². The smallest absolute Gasteiger partial charge is 0.222 e. The van der Waals surface area contributed by atoms with E-state index >= 15 is 0 Å². The van der Waals surface area contributed by atoms with E-state index in [0.717, 1.165) is 55.9 Å². The number of ether oxygens (including phenoxy) is 1. The highest BCUT2D eigenvalue weighted by Crippen LogP contribution is 2.39. The van der Waals surface area contributed by atoms with E-state index in [9.17, 15) is 9.59 Å². The first kappa shape index (κ1) is 21.2. The van der Waals surface area contributed by atoms with Gasteiger partial charge in [0.1, 0.15) is 0 Å². The van der Waals surface area contributed by atoms with E-state index in [-0.39, 0.29) is 17.4 Å². The first-order chi connectivity index (χ1) is 14.4. The number of fused-ring (bicyclic) bond motifs is 1. The van der Waals surface area contributed by atoms with Crippen LogP contribution in [0.5, 0.6) is 0 Å². The monoisotopic (exact) mass is 429 g/mol. The summed E-state index contributed by atoms with van der Waals surface area (Å²) in [4.78, 5) is 33.1. The van der Waals surface area contributed by atoms with E-state index < -0.39 is 0 Å². The molecular weight excluding hydrogens is 398 g/mol. The molecule has 2 amide bonds. The number of piperidine rings is 1. The van der Waals surface area contributed by atoms with Crippen LogP contribution in [0.25, 0.3) is 10.2 Å². The van der Waals surface area contributed by atoms with Crippen LogP contribution in [0.15, 0.2) is 24.3 Å². The zero-order chi connectivity index (χ0) is 21.1. The Labute approximate surface area is 182 Å². The van der Waals surface area contributed by atoms with E-state index in [0.29, 0.717) is 25.2 Å². The Hall–Kier alpha value is -1.99. The summed E-state index contributed by atoms with van der Waals surface area (Å²) < 4.78 is 7.38. The van der Waals surface area contributed by atoms with Gasteiger partial charge in [-0.3, -0.25) is 9.59 Å². The number of carbonyl (C=O) groups excluding carboxylic acids is 2. The van der Waals surface area contributed by atoms with Gasteiger partial charge >= 0.3 is 0 Å². The topological polar surface area (TPSA) is 62.7 Å². The maximum absolute atomic E-state index is 12.8. The van der Waals surface area contributed by atoms with Crippen molar-refractivity contribution in [3.63, 3.8) is 0 Å². The highest BCUT2D eigenvalue weighted by atomic mass is 32.1. The van der Waals surface area contributed by atoms with Crippen molar-refractivity contribution in [2.75, 3.05) is 33.8 Å². The molecule has 6 nitrogen and oxygen atoms in total. The van der Waals surface area contributed by atoms with Crippen molar-refractivity contribution in [2.24, 2.45) is 5.92 Å². The zero-order valence-corrected chi connectivity index (χ0v) is 18.7. The summed E-state index contributed by atoms with van der Waals surface area (Å²) in [7, 11) is 3.63. The first-order valence-corrected chi connectivity index (χ1v) is 11.7. The lowest BCUT2D eigenvalue weighted by molar-refractivity contribution is -0.149. The summed E-state index contributed by atoms with van der Waals surface area (Å²) in [6.45, 7) is 2.21. The van der Waals surface area contributed by atoms with Crippen LogP contribution in [-0.4, -0.2) is 66.0 Å². The quantitative estimate of drug-likeness (QED) is 0.730. The van der Waals surface area contributed by atoms with Crippen LogP contribution in [0.2, 0.25) is 0 Å². The lowest BCUT2D eigenvalue weighted by atomic mass is 9.78. The Balaban J connectivity index is 1.27. The molecule has 1 aromatic heterocycles. The summed E-state index contributed by atoms with van der Waals surface area (Å²) in [5.41, 5.74) is 0.862. The number of carbonyl (C=O) groups is 2. The van der Waals surface area contributed by atoms with Crippen LogP contribution in [0.1, 0.15) is 43.5 Å². The molecule has 1 atom stereocenters. The second-order valence-electron chi connectivity index (χ2n) is 8.84. The molecular formula is C23H31N3O3S. The second kappa shape index (κ2) is 9.02. The summed E-state index contributed by atoms with van der Waals surface area (Å²) in [6.07, 6.45) is 5.42. The average Bonchev–Trinajstić information content (AvgIpc) is 3.15. The first-order valence-electron chi connectivity index (χ1n) is 10.9. The van der Waals surface area contributed by atoms with E-state index in [4.69, 9.17) is 4.74 Å². The number of para-hydroxylation sites is 1. The predicted molar refractivity (Wildman–Crippen MR) is 118 cm³/mol. The molecule has 0 aliphatic carbocycles. The number of benzene rings is 1. The highest BCUT2D eigenvalue weighted by molar-refractivity contribution is 7.18. The molecule has 1 aromatic carbocycles. The molecule has 3 heterocycles. The fourth-order valence-corrected chi connectivity index (χ4v) is 5.61. The summed E-state index contributed by atoms with van der Waals surface area (Å²) in [5.74, 6) is 0.786. The van der Waals surface area contributed by atoms with Crippen molar-refractivity contribution in [1.82, 2.24) is 14.8 Å². The number of thiazole rings is 1. The molecule has 0 radical (unpaired) electrons. The van der Waals surface area contributed by atoms with Gasteiger partial charge in [-0.15, -0.1) is 11.3 Å². The number of hydrogen-bond donors (Lipinski definition) is 0. The van der Waals surface area contributed by atoms with Gasteiger partial charge < -0.3 is 14.5 Å². The molecule has 1 spiro atoms. The number of aromatic nitrogens is 1. The minimum atomic E-state index is -0.153. The molecule has 2 aliphatic rings. The van der Waals surface area contributed by atoms with Gasteiger partial charge in [-0.2, -0.15) is 0 Å². The second-order valence-corrected chi connectivity index (χ2v) is 9.95. The maximum atomic E-state index is 12.8. The van der Waals surface area contributed by atoms with Crippen molar-refractivity contribution in [3.8, 4) is 0 Å². The number of amides is 2. The molecule has 2 fully saturated rings. The number of rotatable bonds is 5. The van der Waals surface area contributed by atoms with Gasteiger partial charge in [-0.1, -0.05) is 12.1 Å². The van der Waals surface area contributed by atoms with Crippen LogP contribution in [0.3, 0.4) is 0 Å². The van der Waals surface area contributed by atoms with Crippen molar-refractivity contribution in [1.29, 1.82) is 0 Å². The number of hydrogen-bond acceptors (Lipinski definition) is 5. The summed E-state index contributed by atoms with van der Waals surface area (Å²) in [5, 5.41) is 1.03. The van der Waals surface area contributed by atoms with Gasteiger partial charge in [-0.05, 0) is 43.7 Å². The fourth-order valence-electron chi connectivity index (χ4n) is 4.64. The Morgan fingerprint density at radius 1 is 1.27 bits per heavy atom. The third-order valence-corrected chi connectivity index (χ3v) is 7.57. The van der Waals surface area contributed by atoms with Crippen LogP contribution in [-0.2, 0) is 20.7 Å². The molecule has 30 heavy (non-hydrogen) atoms. The maximum Gasteiger partial charge on any atom is 0.222 e. The van der Waals surface area contributed by atoms with Crippen LogP contribution >= 0.6 is 11.3 Å². The standard InChI is InChI=1S/C23H31N3O3S/c1-25(2)22(28)15-17-9-14-29-23(16-17)10-12-26(13-11-23)21(27)8-7-20-24-18-5-3-4-6-19(18)30-20/h3-6,17H,7-16H2,1-2H3. The molecule has 2 saturated heterocycles. The molecule has 0 saturated carbocycles. The molecule has 2 aromatic rings. The minimum absolute atomic E-state index is 0.153. The number of aryl methyl sites for hydroxylation is 1. The van der Waals surface area contributed by atoms with E-state index in [1.165, 1.54) is 4.70 Å². The highest BCUT2D eigenvalue weighted by Gasteiger charge is 2.41. The van der Waals surface area contributed by atoms with Crippen molar-refractivity contribution in [2.45, 2.75) is 50.5 Å². The van der Waals surface area contributed by atoms with Crippen molar-refractivity contribution in [3.05, 3.63) is 29.3 Å². The third kappa shape index (κ3) is 4.83. The predicted octanol–water partition coefficient (Wildman–Crippen LogP) is 3.50. The molecule has 2 aliphatic heterocycles. The summed E-state index contributed by atoms with van der Waals surface area (Å²) >= 11 is 1.68. The van der Waals surface area contributed by atoms with Gasteiger partial charge in [0.05, 0.1) is 20.8 Å². The lowest BCUT2D eigenvalue weighted by Gasteiger charge is -2.46. The van der Waals surface area contributed by atoms with Gasteiger partial charge in [0.25, 0.3) is 0 Å². The Bertz CT molecular complexity index is 869. The van der Waals surface area contributed by atoms with Gasteiger partial charge in [0, 0.05) is 53.1 Å². The van der Waals surface area contributed by atoms with Crippen molar-refractivity contribution < 1.29 is 14.3 Å². The van der Waals surface area contributed by atoms with E-state index in [1.54, 1.807) is 16.2 Å². The molecule has 4 rings (SSSR count). The van der Waals surface area contributed by atoms with E-state index in [2.05, 4.69) is 11.1 Å². The van der Waals surface area contributed by atoms with Crippen LogP contribution in [0, 0.1) is 5.92 Å². The van der Waals surface area contributed by atoms with Gasteiger partial charge in [-0.25, -0.2) is 4.98 Å². The third-order valence-electron chi connectivity index (χ3n) is 6.48. The Morgan fingerprint density at radius 3 is 2.77 bits per heavy atom. The molecule has 162 valence electrons. The average molecular weight is 430 g/mol. The fraction of sp³-hybridized carbons (Fsp3) is 0.609. The number of likely N-dealkylation sites (tertiary alicyclic amines) is 1. The Kier molecular flexibility index (Phi) is 6.39. The van der Waals surface area contributed by atoms with Crippen LogP contribution in [0.4, 0.5) is 0 Å². The van der Waals surface area contributed by atoms with Gasteiger partial charge in [0.2, 0.25) is 11.8 Å². The molecule has 7 heteroatoms. The lowest BCUT2D eigenvalue weighted by Crippen LogP contribution is -2.51. The van der Waals surface area contributed by atoms with Crippen molar-refractivity contribution >= 4 is 33.4 Å². The Morgan fingerprint density at radius 2 is 2.03 bits per heavy atom.